The van der Waals surface area contributed by atoms with Gasteiger partial charge in [0.2, 0.25) is 10.0 Å². The summed E-state index contributed by atoms with van der Waals surface area (Å²) in [5.41, 5.74) is 10.5. The summed E-state index contributed by atoms with van der Waals surface area (Å²) >= 11 is 0. The van der Waals surface area contributed by atoms with Gasteiger partial charge in [0.25, 0.3) is 5.91 Å². The van der Waals surface area contributed by atoms with Gasteiger partial charge in [-0.25, -0.2) is 13.6 Å². The second-order valence-electron chi connectivity index (χ2n) is 11.4. The number of nitrogens with two attached hydrogens (primary N) is 2. The van der Waals surface area contributed by atoms with E-state index in [9.17, 15) is 18.3 Å². The molecule has 1 unspecified atom stereocenters. The van der Waals surface area contributed by atoms with Crippen molar-refractivity contribution in [1.29, 1.82) is 0 Å². The first-order valence-corrected chi connectivity index (χ1v) is 16.7. The minimum Gasteiger partial charge on any atom is -0.508 e. The molecule has 0 aliphatic carbocycles. The highest BCUT2D eigenvalue weighted by atomic mass is 32.2. The van der Waals surface area contributed by atoms with E-state index in [1.165, 1.54) is 6.07 Å². The number of hydrogen-bond acceptors (Lipinski definition) is 9. The van der Waals surface area contributed by atoms with Crippen LogP contribution in [0.2, 0.25) is 0 Å². The SMILES string of the molecule is Nc1noc2ccc(N(Cc3ccccc3)C(C(=O)N3CCOc4cc(-c5ccccc5S(N)(=O)=O)ccc43)c3ccc(O)cc3)cc12. The largest absolute Gasteiger partial charge is 0.508 e. The van der Waals surface area contributed by atoms with Gasteiger partial charge in [0.15, 0.2) is 11.4 Å². The molecule has 1 aliphatic heterocycles. The van der Waals surface area contributed by atoms with Gasteiger partial charge in [-0.3, -0.25) is 4.79 Å². The van der Waals surface area contributed by atoms with Gasteiger partial charge in [-0.2, -0.15) is 0 Å². The molecule has 0 fully saturated rings. The van der Waals surface area contributed by atoms with Crippen molar-refractivity contribution in [2.24, 2.45) is 5.14 Å². The number of phenols is 1. The van der Waals surface area contributed by atoms with E-state index in [-0.39, 0.29) is 35.5 Å². The molecule has 2 heterocycles. The number of aromatic nitrogens is 1. The van der Waals surface area contributed by atoms with Crippen molar-refractivity contribution >= 4 is 44.1 Å². The van der Waals surface area contributed by atoms with E-state index < -0.39 is 16.1 Å². The highest BCUT2D eigenvalue weighted by Crippen LogP contribution is 2.41. The summed E-state index contributed by atoms with van der Waals surface area (Å²) in [5.74, 6) is 0.495. The van der Waals surface area contributed by atoms with Crippen molar-refractivity contribution in [2.75, 3.05) is 28.7 Å². The van der Waals surface area contributed by atoms with Crippen LogP contribution in [0, 0.1) is 0 Å². The van der Waals surface area contributed by atoms with Crippen LogP contribution in [0.4, 0.5) is 17.2 Å². The molecule has 0 radical (unpaired) electrons. The Bertz CT molecular complexity index is 2240. The highest BCUT2D eigenvalue weighted by molar-refractivity contribution is 7.89. The summed E-state index contributed by atoms with van der Waals surface area (Å²) in [6.45, 7) is 0.836. The van der Waals surface area contributed by atoms with Crippen LogP contribution in [0.3, 0.4) is 0 Å². The van der Waals surface area contributed by atoms with Crippen LogP contribution in [0.1, 0.15) is 17.2 Å². The third-order valence-corrected chi connectivity index (χ3v) is 9.33. The molecule has 11 nitrogen and oxygen atoms in total. The lowest BCUT2D eigenvalue weighted by molar-refractivity contribution is -0.120. The molecule has 1 aromatic heterocycles. The number of amides is 1. The average molecular weight is 662 g/mol. The first-order valence-electron chi connectivity index (χ1n) is 15.1. The molecular formula is C36H31N5O6S. The van der Waals surface area contributed by atoms with E-state index in [2.05, 4.69) is 5.16 Å². The van der Waals surface area contributed by atoms with Gasteiger partial charge in [0.05, 0.1) is 22.5 Å². The van der Waals surface area contributed by atoms with Gasteiger partial charge < -0.3 is 29.9 Å². The van der Waals surface area contributed by atoms with Crippen LogP contribution >= 0.6 is 0 Å². The van der Waals surface area contributed by atoms with Crippen molar-refractivity contribution in [3.05, 3.63) is 126 Å². The van der Waals surface area contributed by atoms with Gasteiger partial charge in [-0.05, 0) is 65.2 Å². The van der Waals surface area contributed by atoms with Crippen LogP contribution in [-0.4, -0.2) is 37.7 Å². The third kappa shape index (κ3) is 5.90. The number of rotatable bonds is 8. The number of nitrogens with zero attached hydrogens (tertiary/aromatic N) is 3. The van der Waals surface area contributed by atoms with Gasteiger partial charge in [0, 0.05) is 17.8 Å². The fraction of sp³-hybridized carbons (Fsp3) is 0.111. The number of fused-ring (bicyclic) bond motifs is 2. The predicted molar refractivity (Wildman–Crippen MR) is 183 cm³/mol. The van der Waals surface area contributed by atoms with Crippen molar-refractivity contribution in [3.63, 3.8) is 0 Å². The van der Waals surface area contributed by atoms with E-state index in [4.69, 9.17) is 20.1 Å². The average Bonchev–Trinajstić information content (AvgIpc) is 3.47. The number of carbonyl (C=O) groups excluding carboxylic acids is 1. The van der Waals surface area contributed by atoms with Gasteiger partial charge in [0.1, 0.15) is 24.1 Å². The number of aromatic hydroxyl groups is 1. The molecule has 1 amide bonds. The molecule has 5 aromatic carbocycles. The Morgan fingerprint density at radius 3 is 2.46 bits per heavy atom. The number of primary sulfonamides is 1. The normalized spacial score (nSPS) is 13.5. The number of benzene rings is 5. The summed E-state index contributed by atoms with van der Waals surface area (Å²) in [6, 6.07) is 32.7. The fourth-order valence-electron chi connectivity index (χ4n) is 6.07. The predicted octanol–water partition coefficient (Wildman–Crippen LogP) is 5.60. The molecule has 0 saturated heterocycles. The van der Waals surface area contributed by atoms with E-state index in [0.29, 0.717) is 51.3 Å². The molecule has 7 rings (SSSR count). The van der Waals surface area contributed by atoms with E-state index in [0.717, 1.165) is 5.56 Å². The zero-order valence-corrected chi connectivity index (χ0v) is 26.4. The van der Waals surface area contributed by atoms with E-state index >= 15 is 0 Å². The topological polar surface area (TPSA) is 165 Å². The first-order chi connectivity index (χ1) is 23.2. The van der Waals surface area contributed by atoms with Gasteiger partial charge >= 0.3 is 0 Å². The third-order valence-electron chi connectivity index (χ3n) is 8.36. The molecule has 0 bridgehead atoms. The Morgan fingerprint density at radius 2 is 1.69 bits per heavy atom. The molecule has 1 aliphatic rings. The fourth-order valence-corrected chi connectivity index (χ4v) is 6.83. The zero-order chi connectivity index (χ0) is 33.4. The van der Waals surface area contributed by atoms with Crippen molar-refractivity contribution in [3.8, 4) is 22.6 Å². The Labute approximate surface area is 276 Å². The maximum Gasteiger partial charge on any atom is 0.254 e. The number of phenolic OH excluding ortho intramolecular Hbond substituents is 1. The number of sulfonamides is 1. The second kappa shape index (κ2) is 12.4. The minimum absolute atomic E-state index is 0.0110. The van der Waals surface area contributed by atoms with Crippen LogP contribution < -0.4 is 25.4 Å². The molecule has 5 N–H and O–H groups in total. The molecule has 242 valence electrons. The monoisotopic (exact) mass is 661 g/mol. The lowest BCUT2D eigenvalue weighted by atomic mass is 9.99. The number of ether oxygens (including phenoxy) is 1. The number of carbonyl (C=O) groups is 1. The van der Waals surface area contributed by atoms with E-state index in [1.54, 1.807) is 71.6 Å². The standard InChI is InChI=1S/C36H31N5O6S/c37-35-29-21-26(13-17-31(29)47-39-35)41(22-23-6-2-1-3-7-23)34(24-10-14-27(42)15-11-24)36(43)40-18-19-46-32-20-25(12-16-30(32)40)28-8-4-5-9-33(28)48(38,44)45/h1-17,20-21,34,42H,18-19,22H2,(H2,37,39)(H2,38,44,45). The van der Waals surface area contributed by atoms with Gasteiger partial charge in [-0.15, -0.1) is 0 Å². The Hall–Kier alpha value is -5.85. The van der Waals surface area contributed by atoms with Crippen molar-refractivity contribution in [2.45, 2.75) is 17.5 Å². The number of anilines is 3. The smallest absolute Gasteiger partial charge is 0.254 e. The molecule has 12 heteroatoms. The Morgan fingerprint density at radius 1 is 0.938 bits per heavy atom. The lowest BCUT2D eigenvalue weighted by Gasteiger charge is -2.38. The van der Waals surface area contributed by atoms with Crippen LogP contribution in [0.15, 0.2) is 125 Å². The van der Waals surface area contributed by atoms with Crippen molar-refractivity contribution < 1.29 is 27.6 Å². The quantitative estimate of drug-likeness (QED) is 0.188. The molecular weight excluding hydrogens is 630 g/mol. The molecule has 6 aromatic rings. The maximum atomic E-state index is 15.0. The summed E-state index contributed by atoms with van der Waals surface area (Å²) < 4.78 is 36.1. The van der Waals surface area contributed by atoms with Gasteiger partial charge in [-0.1, -0.05) is 71.9 Å². The molecule has 1 atom stereocenters. The number of hydrogen-bond donors (Lipinski definition) is 3. The molecule has 48 heavy (non-hydrogen) atoms. The maximum absolute atomic E-state index is 15.0. The first kappa shape index (κ1) is 30.8. The minimum atomic E-state index is -3.99. The molecule has 0 saturated carbocycles. The van der Waals surface area contributed by atoms with Crippen LogP contribution in [0.5, 0.6) is 11.5 Å². The summed E-state index contributed by atoms with van der Waals surface area (Å²) in [6.07, 6.45) is 0. The number of nitrogen functional groups attached to an aromatic ring is 1. The van der Waals surface area contributed by atoms with E-state index in [1.807, 2.05) is 47.4 Å². The Balaban J connectivity index is 1.34. The highest BCUT2D eigenvalue weighted by Gasteiger charge is 2.36. The van der Waals surface area contributed by atoms with Crippen molar-refractivity contribution in [1.82, 2.24) is 5.16 Å². The Kier molecular flexibility index (Phi) is 7.95. The summed E-state index contributed by atoms with van der Waals surface area (Å²) in [4.78, 5) is 18.6. The van der Waals surface area contributed by atoms with Crippen LogP contribution in [0.25, 0.3) is 22.1 Å². The summed E-state index contributed by atoms with van der Waals surface area (Å²) in [7, 11) is -3.99. The lowest BCUT2D eigenvalue weighted by Crippen LogP contribution is -2.46. The van der Waals surface area contributed by atoms with Crippen LogP contribution in [-0.2, 0) is 21.4 Å². The molecule has 0 spiro atoms. The summed E-state index contributed by atoms with van der Waals surface area (Å²) in [5, 5.41) is 20.2. The second-order valence-corrected chi connectivity index (χ2v) is 12.9. The zero-order valence-electron chi connectivity index (χ0n) is 25.6.